The zero-order chi connectivity index (χ0) is 11.1. The van der Waals surface area contributed by atoms with Gasteiger partial charge in [0.25, 0.3) is 0 Å². The van der Waals surface area contributed by atoms with E-state index in [0.29, 0.717) is 0 Å². The van der Waals surface area contributed by atoms with Gasteiger partial charge in [0.2, 0.25) is 0 Å². The number of aliphatic hydroxyl groups is 3. The monoisotopic (exact) mass is 194 g/mol. The van der Waals surface area contributed by atoms with E-state index < -0.39 is 17.5 Å². The van der Waals surface area contributed by atoms with Crippen LogP contribution in [0.3, 0.4) is 0 Å². The molecule has 0 aromatic rings. The molecule has 0 heterocycles. The molecule has 0 aliphatic rings. The zero-order valence-corrected chi connectivity index (χ0v) is 8.19. The predicted octanol–water partition coefficient (Wildman–Crippen LogP) is -0.551. The highest BCUT2D eigenvalue weighted by Crippen LogP contribution is 2.11. The molecule has 80 valence electrons. The topological polar surface area (TPSA) is 98.0 Å². The Hall–Kier alpha value is -0.650. The maximum atomic E-state index is 10.0. The van der Waals surface area contributed by atoms with Crippen LogP contribution in [0.1, 0.15) is 20.8 Å². The summed E-state index contributed by atoms with van der Waals surface area (Å²) in [5.74, 6) is -0.757. The van der Waals surface area contributed by atoms with Gasteiger partial charge < -0.3 is 20.4 Å². The number of carbonyl (C=O) groups is 1. The largest absolute Gasteiger partial charge is 0.481 e. The molecule has 0 rings (SSSR count). The average molecular weight is 194 g/mol. The number of hydrogen-bond acceptors (Lipinski definition) is 4. The van der Waals surface area contributed by atoms with Crippen LogP contribution in [0.4, 0.5) is 0 Å². The van der Waals surface area contributed by atoms with Crippen molar-refractivity contribution in [3.8, 4) is 0 Å². The van der Waals surface area contributed by atoms with E-state index in [1.54, 1.807) is 20.8 Å². The lowest BCUT2D eigenvalue weighted by molar-refractivity contribution is -0.145. The minimum absolute atomic E-state index is 0.365. The van der Waals surface area contributed by atoms with Crippen molar-refractivity contribution in [2.75, 3.05) is 13.2 Å². The number of aliphatic carboxylic acids is 1. The quantitative estimate of drug-likeness (QED) is 0.473. The summed E-state index contributed by atoms with van der Waals surface area (Å²) in [7, 11) is 0. The second-order valence-electron chi connectivity index (χ2n) is 3.57. The Balaban J connectivity index is 0. The smallest absolute Gasteiger partial charge is 0.308 e. The summed E-state index contributed by atoms with van der Waals surface area (Å²) in [6.07, 6.45) is -0.954. The van der Waals surface area contributed by atoms with Gasteiger partial charge in [0, 0.05) is 0 Å². The molecule has 5 nitrogen and oxygen atoms in total. The molecule has 0 unspecified atom stereocenters. The summed E-state index contributed by atoms with van der Waals surface area (Å²) in [5, 5.41) is 32.3. The Labute approximate surface area is 77.6 Å². The van der Waals surface area contributed by atoms with Crippen LogP contribution in [0, 0.1) is 5.41 Å². The lowest BCUT2D eigenvalue weighted by Crippen LogP contribution is -2.18. The minimum Gasteiger partial charge on any atom is -0.481 e. The minimum atomic E-state index is -0.954. The van der Waals surface area contributed by atoms with Crippen LogP contribution in [0.2, 0.25) is 0 Å². The second kappa shape index (κ2) is 6.82. The van der Waals surface area contributed by atoms with Crippen molar-refractivity contribution in [3.63, 3.8) is 0 Å². The van der Waals surface area contributed by atoms with Crippen LogP contribution in [-0.2, 0) is 4.79 Å². The standard InChI is InChI=1S/C5H10O2.C3H8O3/c1-5(2,3)4(6)7;4-1-3(6)2-5/h1-3H3,(H,6,7);3-6H,1-2H2. The van der Waals surface area contributed by atoms with Gasteiger partial charge in [-0.05, 0) is 20.8 Å². The van der Waals surface area contributed by atoms with E-state index in [9.17, 15) is 4.79 Å². The van der Waals surface area contributed by atoms with Gasteiger partial charge in [-0.3, -0.25) is 4.79 Å². The van der Waals surface area contributed by atoms with Gasteiger partial charge in [0.1, 0.15) is 6.10 Å². The number of carboxylic acids is 1. The highest BCUT2D eigenvalue weighted by Gasteiger charge is 2.18. The predicted molar refractivity (Wildman–Crippen MR) is 47.3 cm³/mol. The van der Waals surface area contributed by atoms with Crippen LogP contribution in [0.25, 0.3) is 0 Å². The maximum Gasteiger partial charge on any atom is 0.308 e. The summed E-state index contributed by atoms with van der Waals surface area (Å²) in [5.41, 5.74) is -0.583. The molecule has 0 aromatic carbocycles. The first-order valence-electron chi connectivity index (χ1n) is 3.88. The first-order chi connectivity index (χ1) is 5.75. The molecule has 0 aromatic heterocycles. The molecule has 0 radical (unpaired) electrons. The molecule has 13 heavy (non-hydrogen) atoms. The molecule has 0 aliphatic carbocycles. The van der Waals surface area contributed by atoms with Crippen LogP contribution in [0.5, 0.6) is 0 Å². The Bertz CT molecular complexity index is 134. The highest BCUT2D eigenvalue weighted by atomic mass is 16.4. The third kappa shape index (κ3) is 11.3. The van der Waals surface area contributed by atoms with E-state index in [4.69, 9.17) is 20.4 Å². The van der Waals surface area contributed by atoms with Crippen molar-refractivity contribution in [3.05, 3.63) is 0 Å². The molecule has 0 amide bonds. The summed E-state index contributed by atoms with van der Waals surface area (Å²) in [6, 6.07) is 0. The van der Waals surface area contributed by atoms with Crippen molar-refractivity contribution in [2.45, 2.75) is 26.9 Å². The van der Waals surface area contributed by atoms with Crippen LogP contribution < -0.4 is 0 Å². The number of carboxylic acid groups (broad SMARTS) is 1. The van der Waals surface area contributed by atoms with Gasteiger partial charge in [-0.1, -0.05) is 0 Å². The Morgan fingerprint density at radius 1 is 1.23 bits per heavy atom. The molecule has 0 saturated carbocycles. The van der Waals surface area contributed by atoms with Crippen molar-refractivity contribution >= 4 is 5.97 Å². The van der Waals surface area contributed by atoms with Gasteiger partial charge in [0.15, 0.2) is 0 Å². The molecule has 5 heteroatoms. The normalized spacial score (nSPS) is 10.7. The van der Waals surface area contributed by atoms with E-state index in [-0.39, 0.29) is 13.2 Å². The van der Waals surface area contributed by atoms with Crippen LogP contribution >= 0.6 is 0 Å². The Kier molecular flexibility index (Phi) is 7.79. The SMILES string of the molecule is CC(C)(C)C(=O)O.OCC(O)CO. The first-order valence-corrected chi connectivity index (χ1v) is 3.88. The molecule has 0 spiro atoms. The third-order valence-corrected chi connectivity index (χ3v) is 1.06. The lowest BCUT2D eigenvalue weighted by atomic mass is 9.98. The Morgan fingerprint density at radius 3 is 1.46 bits per heavy atom. The molecular weight excluding hydrogens is 176 g/mol. The fourth-order valence-electron chi connectivity index (χ4n) is 0.0577. The van der Waals surface area contributed by atoms with E-state index in [1.807, 2.05) is 0 Å². The first kappa shape index (κ1) is 14.9. The third-order valence-electron chi connectivity index (χ3n) is 1.06. The highest BCUT2D eigenvalue weighted by molar-refractivity contribution is 5.72. The van der Waals surface area contributed by atoms with Crippen molar-refractivity contribution in [1.29, 1.82) is 0 Å². The van der Waals surface area contributed by atoms with Gasteiger partial charge in [0.05, 0.1) is 18.6 Å². The van der Waals surface area contributed by atoms with Gasteiger partial charge in [-0.25, -0.2) is 0 Å². The van der Waals surface area contributed by atoms with E-state index >= 15 is 0 Å². The van der Waals surface area contributed by atoms with E-state index in [0.717, 1.165) is 0 Å². The fourth-order valence-corrected chi connectivity index (χ4v) is 0.0577. The molecule has 0 aliphatic heterocycles. The molecule has 4 N–H and O–H groups in total. The fraction of sp³-hybridized carbons (Fsp3) is 0.875. The van der Waals surface area contributed by atoms with Crippen molar-refractivity contribution in [1.82, 2.24) is 0 Å². The van der Waals surface area contributed by atoms with Crippen molar-refractivity contribution < 1.29 is 25.2 Å². The number of hydrogen-bond donors (Lipinski definition) is 4. The molecule has 0 atom stereocenters. The van der Waals surface area contributed by atoms with E-state index in [2.05, 4.69) is 0 Å². The summed E-state index contributed by atoms with van der Waals surface area (Å²) >= 11 is 0. The second-order valence-corrected chi connectivity index (χ2v) is 3.57. The van der Waals surface area contributed by atoms with Gasteiger partial charge in [-0.2, -0.15) is 0 Å². The zero-order valence-electron chi connectivity index (χ0n) is 8.19. The molecule has 0 bridgehead atoms. The summed E-state index contributed by atoms with van der Waals surface area (Å²) in [4.78, 5) is 10.0. The summed E-state index contributed by atoms with van der Waals surface area (Å²) in [6.45, 7) is 4.26. The summed E-state index contributed by atoms with van der Waals surface area (Å²) < 4.78 is 0. The molecule has 0 saturated heterocycles. The van der Waals surface area contributed by atoms with Gasteiger partial charge >= 0.3 is 5.97 Å². The maximum absolute atomic E-state index is 10.0. The number of rotatable bonds is 2. The molecular formula is C8H18O5. The Morgan fingerprint density at radius 2 is 1.46 bits per heavy atom. The molecule has 0 fully saturated rings. The van der Waals surface area contributed by atoms with E-state index in [1.165, 1.54) is 0 Å². The van der Waals surface area contributed by atoms with Crippen molar-refractivity contribution in [2.24, 2.45) is 5.41 Å². The van der Waals surface area contributed by atoms with Crippen LogP contribution in [-0.4, -0.2) is 45.7 Å². The lowest BCUT2D eigenvalue weighted by Gasteiger charge is -2.08. The average Bonchev–Trinajstić information content (AvgIpc) is 2.02. The number of aliphatic hydroxyl groups excluding tert-OH is 3. The van der Waals surface area contributed by atoms with Gasteiger partial charge in [-0.15, -0.1) is 0 Å². The van der Waals surface area contributed by atoms with Crippen LogP contribution in [0.15, 0.2) is 0 Å².